The average molecular weight is 546 g/mol. The third-order valence-corrected chi connectivity index (χ3v) is 10.00. The van der Waals surface area contributed by atoms with Crippen LogP contribution < -0.4 is 9.46 Å². The fraction of sp³-hybridized carbons (Fsp3) is 0.478. The maximum atomic E-state index is 14.2. The molecule has 1 spiro atoms. The number of halogens is 2. The summed E-state index contributed by atoms with van der Waals surface area (Å²) in [5.41, 5.74) is -0.564. The molecule has 4 rings (SSSR count). The predicted molar refractivity (Wildman–Crippen MR) is 127 cm³/mol. The van der Waals surface area contributed by atoms with Crippen molar-refractivity contribution in [1.29, 1.82) is 0 Å². The summed E-state index contributed by atoms with van der Waals surface area (Å²) in [6.45, 7) is 0.718. The molecule has 13 heteroatoms. The summed E-state index contributed by atoms with van der Waals surface area (Å²) in [6, 6.07) is 8.56. The van der Waals surface area contributed by atoms with Crippen LogP contribution in [0.15, 0.2) is 52.3 Å². The Balaban J connectivity index is 1.59. The summed E-state index contributed by atoms with van der Waals surface area (Å²) in [6.07, 6.45) is -0.262. The highest BCUT2D eigenvalue weighted by Crippen LogP contribution is 2.37. The number of sulfonamides is 2. The number of hydrogen-bond donors (Lipinski definition) is 2. The zero-order valence-corrected chi connectivity index (χ0v) is 21.4. The fourth-order valence-corrected chi connectivity index (χ4v) is 7.44. The van der Waals surface area contributed by atoms with E-state index in [-0.39, 0.29) is 43.4 Å². The minimum atomic E-state index is -4.18. The van der Waals surface area contributed by atoms with Crippen molar-refractivity contribution in [3.63, 3.8) is 0 Å². The summed E-state index contributed by atoms with van der Waals surface area (Å²) in [4.78, 5) is 1.23. The van der Waals surface area contributed by atoms with Gasteiger partial charge in [-0.25, -0.2) is 30.3 Å². The molecule has 2 N–H and O–H groups in total. The number of aliphatic hydroxyl groups excluding tert-OH is 1. The van der Waals surface area contributed by atoms with E-state index in [2.05, 4.69) is 4.72 Å². The van der Waals surface area contributed by atoms with E-state index in [1.165, 1.54) is 10.4 Å². The first kappa shape index (κ1) is 26.9. The summed E-state index contributed by atoms with van der Waals surface area (Å²) in [7, 11) is -6.33. The first-order valence-electron chi connectivity index (χ1n) is 11.5. The lowest BCUT2D eigenvalue weighted by Crippen LogP contribution is -2.51. The number of nitrogens with one attached hydrogen (secondary N) is 1. The van der Waals surface area contributed by atoms with E-state index in [1.807, 2.05) is 4.90 Å². The Labute approximate surface area is 209 Å². The van der Waals surface area contributed by atoms with Gasteiger partial charge in [0.15, 0.2) is 0 Å². The predicted octanol–water partition coefficient (Wildman–Crippen LogP) is 1.40. The van der Waals surface area contributed by atoms with E-state index in [0.717, 1.165) is 12.1 Å². The van der Waals surface area contributed by atoms with Crippen LogP contribution in [0.1, 0.15) is 12.8 Å². The number of para-hydroxylation sites is 1. The molecule has 2 aromatic rings. The molecular formula is C23H29F2N3O6S2. The Hall–Kier alpha value is -2.16. The number of ether oxygens (including phenoxy) is 1. The van der Waals surface area contributed by atoms with Crippen molar-refractivity contribution in [2.75, 3.05) is 46.4 Å². The molecule has 1 fully saturated rings. The molecule has 198 valence electrons. The molecule has 1 saturated heterocycles. The summed E-state index contributed by atoms with van der Waals surface area (Å²) >= 11 is 0. The smallest absolute Gasteiger partial charge is 0.245 e. The number of likely N-dealkylation sites (N-methyl/N-ethyl adjacent to an activating group) is 1. The second-order valence-corrected chi connectivity index (χ2v) is 13.1. The Morgan fingerprint density at radius 3 is 2.53 bits per heavy atom. The third-order valence-electron chi connectivity index (χ3n) is 6.60. The van der Waals surface area contributed by atoms with Crippen molar-refractivity contribution >= 4 is 20.0 Å². The van der Waals surface area contributed by atoms with Crippen LogP contribution in [0, 0.1) is 17.0 Å². The molecule has 1 unspecified atom stereocenters. The van der Waals surface area contributed by atoms with Gasteiger partial charge in [0.25, 0.3) is 0 Å². The molecule has 36 heavy (non-hydrogen) atoms. The van der Waals surface area contributed by atoms with Crippen molar-refractivity contribution in [1.82, 2.24) is 13.9 Å². The van der Waals surface area contributed by atoms with E-state index >= 15 is 0 Å². The van der Waals surface area contributed by atoms with E-state index < -0.39 is 48.1 Å². The molecule has 0 amide bonds. The van der Waals surface area contributed by atoms with Gasteiger partial charge in [-0.1, -0.05) is 12.1 Å². The molecule has 0 saturated carbocycles. The van der Waals surface area contributed by atoms with E-state index in [0.29, 0.717) is 25.5 Å². The molecule has 2 aliphatic rings. The number of β-amino-alcohol motifs (C(OH)–C–C–N with tert-alkyl or cyclic N) is 1. The first-order valence-corrected chi connectivity index (χ1v) is 14.4. The van der Waals surface area contributed by atoms with Crippen LogP contribution in [0.25, 0.3) is 0 Å². The number of nitrogens with zero attached hydrogens (tertiary/aromatic N) is 2. The normalized spacial score (nSPS) is 23.7. The molecule has 0 radical (unpaired) electrons. The highest BCUT2D eigenvalue weighted by Gasteiger charge is 2.41. The van der Waals surface area contributed by atoms with Gasteiger partial charge in [-0.2, -0.15) is 4.31 Å². The maximum absolute atomic E-state index is 14.2. The largest absolute Gasteiger partial charge is 0.492 e. The van der Waals surface area contributed by atoms with Gasteiger partial charge in [-0.05, 0) is 44.2 Å². The molecule has 0 aromatic heterocycles. The molecular weight excluding hydrogens is 516 g/mol. The lowest BCUT2D eigenvalue weighted by atomic mass is 9.79. The number of rotatable bonds is 2. The van der Waals surface area contributed by atoms with Crippen molar-refractivity contribution < 1.29 is 35.5 Å². The molecule has 2 aromatic carbocycles. The molecule has 0 bridgehead atoms. The van der Waals surface area contributed by atoms with E-state index in [4.69, 9.17) is 4.74 Å². The van der Waals surface area contributed by atoms with Crippen LogP contribution in [0.5, 0.6) is 5.75 Å². The van der Waals surface area contributed by atoms with Gasteiger partial charge < -0.3 is 14.7 Å². The van der Waals surface area contributed by atoms with Crippen LogP contribution in [0.3, 0.4) is 0 Å². The topological polar surface area (TPSA) is 116 Å². The Bertz CT molecular complexity index is 1310. The minimum Gasteiger partial charge on any atom is -0.492 e. The van der Waals surface area contributed by atoms with Gasteiger partial charge in [0.1, 0.15) is 27.2 Å². The second kappa shape index (κ2) is 10.3. The monoisotopic (exact) mass is 545 g/mol. The number of piperidine rings is 1. The Kier molecular flexibility index (Phi) is 7.70. The summed E-state index contributed by atoms with van der Waals surface area (Å²) in [5, 5.41) is 10.4. The number of hydrogen-bond acceptors (Lipinski definition) is 7. The van der Waals surface area contributed by atoms with Gasteiger partial charge in [0.2, 0.25) is 20.0 Å². The van der Waals surface area contributed by atoms with Gasteiger partial charge in [-0.3, -0.25) is 0 Å². The van der Waals surface area contributed by atoms with Crippen LogP contribution >= 0.6 is 0 Å². The van der Waals surface area contributed by atoms with Crippen LogP contribution in [0.4, 0.5) is 8.78 Å². The van der Waals surface area contributed by atoms with Gasteiger partial charge >= 0.3 is 0 Å². The summed E-state index contributed by atoms with van der Waals surface area (Å²) in [5.74, 6) is -1.85. The molecule has 9 nitrogen and oxygen atoms in total. The number of benzene rings is 2. The van der Waals surface area contributed by atoms with Crippen LogP contribution in [-0.4, -0.2) is 83.6 Å². The number of fused-ring (bicyclic) bond motifs is 1. The lowest BCUT2D eigenvalue weighted by molar-refractivity contribution is 0.0318. The van der Waals surface area contributed by atoms with Gasteiger partial charge in [0, 0.05) is 44.2 Å². The Morgan fingerprint density at radius 2 is 1.83 bits per heavy atom. The van der Waals surface area contributed by atoms with Gasteiger partial charge in [-0.15, -0.1) is 0 Å². The van der Waals surface area contributed by atoms with Crippen molar-refractivity contribution in [2.24, 2.45) is 5.41 Å². The highest BCUT2D eigenvalue weighted by molar-refractivity contribution is 7.89. The minimum absolute atomic E-state index is 0.0481. The maximum Gasteiger partial charge on any atom is 0.245 e. The van der Waals surface area contributed by atoms with Crippen molar-refractivity contribution in [3.05, 3.63) is 54.1 Å². The second-order valence-electron chi connectivity index (χ2n) is 9.42. The fourth-order valence-electron chi connectivity index (χ4n) is 4.74. The zero-order valence-electron chi connectivity index (χ0n) is 19.7. The van der Waals surface area contributed by atoms with Crippen LogP contribution in [-0.2, 0) is 20.0 Å². The third kappa shape index (κ3) is 5.71. The van der Waals surface area contributed by atoms with Crippen LogP contribution in [0.2, 0.25) is 0 Å². The quantitative estimate of drug-likeness (QED) is 0.586. The zero-order chi connectivity index (χ0) is 26.1. The summed E-state index contributed by atoms with van der Waals surface area (Å²) < 4.78 is 88.8. The molecule has 1 atom stereocenters. The molecule has 2 heterocycles. The van der Waals surface area contributed by atoms with E-state index in [1.54, 1.807) is 25.2 Å². The lowest BCUT2D eigenvalue weighted by Gasteiger charge is -2.43. The van der Waals surface area contributed by atoms with Gasteiger partial charge in [0.05, 0.1) is 12.7 Å². The number of aliphatic hydroxyl groups is 1. The average Bonchev–Trinajstić information content (AvgIpc) is 2.81. The van der Waals surface area contributed by atoms with Crippen molar-refractivity contribution in [2.45, 2.75) is 28.7 Å². The highest BCUT2D eigenvalue weighted by atomic mass is 32.2. The molecule has 2 aliphatic heterocycles. The van der Waals surface area contributed by atoms with E-state index in [9.17, 15) is 30.7 Å². The van der Waals surface area contributed by atoms with Crippen molar-refractivity contribution in [3.8, 4) is 5.75 Å². The standard InChI is InChI=1S/C23H29F2N3O6S2/c1-27-14-18(29)13-26-35(30,31)22-5-3-2-4-20(22)34-16-23(15-27)8-10-28(11-9-23)36(32,33)21-7-6-17(24)12-19(21)25/h2-7,12,18,26,29H,8-11,13-16H2,1H3. The SMILES string of the molecule is CN1CC(O)CNS(=O)(=O)c2ccccc2OCC2(CCN(S(=O)(=O)c3ccc(F)cc3F)CC2)C1. The molecule has 0 aliphatic carbocycles. The first-order chi connectivity index (χ1) is 16.9. The Morgan fingerprint density at radius 1 is 1.14 bits per heavy atom.